The standard InChI is InChI=1S/C30H36N4O7S/c1-18(26(16-31)42(39,40)32-27-29(37)28(36)25(17-35)41-30(27)38)23-10-11-24(33(23)2)21-7-6-20-15-22(9-8-19(20)14-21)34-12-4-3-5-13-34/h6-11,14-15,25,27-30,32,35-38H,3-5,12-13,17H2,1-2H3/b26-18+/t25-,27-,28-,29-,30?/m1/s1. The van der Waals surface area contributed by atoms with E-state index in [2.05, 4.69) is 40.0 Å². The molecule has 3 heterocycles. The summed E-state index contributed by atoms with van der Waals surface area (Å²) in [6.45, 7) is 2.95. The molecule has 2 saturated heterocycles. The molecule has 0 radical (unpaired) electrons. The number of fused-ring (bicyclic) bond motifs is 1. The number of hydrogen-bond donors (Lipinski definition) is 5. The van der Waals surface area contributed by atoms with Crippen LogP contribution in [0.2, 0.25) is 0 Å². The molecule has 2 aliphatic rings. The number of hydrogen-bond acceptors (Lipinski definition) is 9. The number of anilines is 1. The number of ether oxygens (including phenoxy) is 1. The van der Waals surface area contributed by atoms with Crippen molar-refractivity contribution < 1.29 is 33.6 Å². The Bertz CT molecular complexity index is 1640. The predicted octanol–water partition coefficient (Wildman–Crippen LogP) is 1.81. The molecular formula is C30H36N4O7S. The molecule has 224 valence electrons. The number of allylic oxidation sites excluding steroid dienone is 2. The van der Waals surface area contributed by atoms with Gasteiger partial charge in [-0.1, -0.05) is 18.2 Å². The molecule has 42 heavy (non-hydrogen) atoms. The fraction of sp³-hybridized carbons (Fsp3) is 0.433. The average molecular weight is 597 g/mol. The summed E-state index contributed by atoms with van der Waals surface area (Å²) in [6, 6.07) is 16.3. The summed E-state index contributed by atoms with van der Waals surface area (Å²) in [5.74, 6) is 0. The van der Waals surface area contributed by atoms with E-state index in [1.54, 1.807) is 23.8 Å². The van der Waals surface area contributed by atoms with Gasteiger partial charge in [-0.2, -0.15) is 9.98 Å². The summed E-state index contributed by atoms with van der Waals surface area (Å²) in [4.78, 5) is 1.80. The van der Waals surface area contributed by atoms with Crippen LogP contribution in [0.3, 0.4) is 0 Å². The number of piperidine rings is 1. The number of sulfonamides is 1. The van der Waals surface area contributed by atoms with Crippen molar-refractivity contribution in [1.82, 2.24) is 9.29 Å². The maximum atomic E-state index is 13.3. The molecule has 2 aromatic carbocycles. The summed E-state index contributed by atoms with van der Waals surface area (Å²) < 4.78 is 35.4. The zero-order valence-electron chi connectivity index (χ0n) is 23.5. The highest BCUT2D eigenvalue weighted by Crippen LogP contribution is 2.32. The molecule has 5 N–H and O–H groups in total. The maximum absolute atomic E-state index is 13.3. The Morgan fingerprint density at radius 2 is 1.71 bits per heavy atom. The van der Waals surface area contributed by atoms with Gasteiger partial charge in [0.1, 0.15) is 30.4 Å². The Kier molecular flexibility index (Phi) is 8.73. The van der Waals surface area contributed by atoms with Crippen molar-refractivity contribution in [2.75, 3.05) is 24.6 Å². The molecule has 11 nitrogen and oxygen atoms in total. The fourth-order valence-electron chi connectivity index (χ4n) is 5.84. The molecule has 5 atom stereocenters. The normalized spacial score (nSPS) is 25.7. The first-order valence-electron chi connectivity index (χ1n) is 13.9. The van der Waals surface area contributed by atoms with E-state index in [0.29, 0.717) is 5.69 Å². The number of nitriles is 1. The van der Waals surface area contributed by atoms with Gasteiger partial charge in [0.2, 0.25) is 0 Å². The van der Waals surface area contributed by atoms with E-state index >= 15 is 0 Å². The fourth-order valence-corrected chi connectivity index (χ4v) is 7.20. The van der Waals surface area contributed by atoms with Crippen LogP contribution < -0.4 is 9.62 Å². The number of aliphatic hydroxyl groups is 4. The molecule has 12 heteroatoms. The quantitative estimate of drug-likeness (QED) is 0.256. The van der Waals surface area contributed by atoms with Gasteiger partial charge in [0.15, 0.2) is 11.2 Å². The van der Waals surface area contributed by atoms with E-state index < -0.39 is 52.2 Å². The lowest BCUT2D eigenvalue weighted by Gasteiger charge is -2.40. The van der Waals surface area contributed by atoms with E-state index in [-0.39, 0.29) is 5.57 Å². The van der Waals surface area contributed by atoms with Crippen LogP contribution >= 0.6 is 0 Å². The molecule has 2 aliphatic heterocycles. The van der Waals surface area contributed by atoms with Gasteiger partial charge < -0.3 is 34.6 Å². The highest BCUT2D eigenvalue weighted by molar-refractivity contribution is 7.93. The number of aliphatic hydroxyl groups excluding tert-OH is 4. The van der Waals surface area contributed by atoms with Gasteiger partial charge in [0.05, 0.1) is 6.61 Å². The third-order valence-electron chi connectivity index (χ3n) is 8.25. The van der Waals surface area contributed by atoms with Crippen molar-refractivity contribution in [3.05, 3.63) is 59.1 Å². The molecular weight excluding hydrogens is 560 g/mol. The first kappa shape index (κ1) is 30.2. The van der Waals surface area contributed by atoms with Crippen LogP contribution in [0.15, 0.2) is 53.4 Å². The SMILES string of the molecule is C/C(=C(/C#N)S(=O)(=O)N[C@H]1C(O)O[C@H](CO)[C@@H](O)[C@@H]1O)c1ccc(-c2ccc3cc(N4CCCCC4)ccc3c2)n1C. The summed E-state index contributed by atoms with van der Waals surface area (Å²) in [6.07, 6.45) is -2.91. The molecule has 0 amide bonds. The summed E-state index contributed by atoms with van der Waals surface area (Å²) in [5, 5.41) is 52.1. The van der Waals surface area contributed by atoms with E-state index in [9.17, 15) is 34.1 Å². The van der Waals surface area contributed by atoms with Crippen LogP contribution in [0.5, 0.6) is 0 Å². The van der Waals surface area contributed by atoms with Crippen LogP contribution in [0.4, 0.5) is 5.69 Å². The van der Waals surface area contributed by atoms with Crippen molar-refractivity contribution in [1.29, 1.82) is 5.26 Å². The first-order valence-corrected chi connectivity index (χ1v) is 15.4. The van der Waals surface area contributed by atoms with Gasteiger partial charge in [0, 0.05) is 42.8 Å². The van der Waals surface area contributed by atoms with Crippen molar-refractivity contribution in [3.8, 4) is 17.3 Å². The third-order valence-corrected chi connectivity index (χ3v) is 9.77. The third kappa shape index (κ3) is 5.69. The van der Waals surface area contributed by atoms with E-state index in [1.807, 2.05) is 12.1 Å². The molecule has 5 rings (SSSR count). The van der Waals surface area contributed by atoms with Crippen LogP contribution in [-0.2, 0) is 21.8 Å². The Hall–Kier alpha value is -3.28. The first-order chi connectivity index (χ1) is 20.1. The molecule has 2 fully saturated rings. The molecule has 0 spiro atoms. The highest BCUT2D eigenvalue weighted by Gasteiger charge is 2.45. The molecule has 0 saturated carbocycles. The lowest BCUT2D eigenvalue weighted by molar-refractivity contribution is -0.251. The molecule has 1 aromatic heterocycles. The largest absolute Gasteiger partial charge is 0.394 e. The Labute approximate surface area is 244 Å². The van der Waals surface area contributed by atoms with Crippen molar-refractivity contribution in [2.45, 2.75) is 56.8 Å². The lowest BCUT2D eigenvalue weighted by atomic mass is 9.98. The minimum Gasteiger partial charge on any atom is -0.394 e. The zero-order chi connectivity index (χ0) is 30.2. The van der Waals surface area contributed by atoms with E-state index in [1.165, 1.54) is 31.9 Å². The highest BCUT2D eigenvalue weighted by atomic mass is 32.2. The van der Waals surface area contributed by atoms with Gasteiger partial charge in [-0.05, 0) is 72.9 Å². The lowest BCUT2D eigenvalue weighted by Crippen LogP contribution is -2.64. The molecule has 0 aliphatic carbocycles. The Balaban J connectivity index is 1.42. The molecule has 3 aromatic rings. The Morgan fingerprint density at radius 3 is 2.40 bits per heavy atom. The maximum Gasteiger partial charge on any atom is 0.251 e. The van der Waals surface area contributed by atoms with E-state index in [4.69, 9.17) is 4.74 Å². The van der Waals surface area contributed by atoms with Crippen molar-refractivity contribution >= 4 is 32.1 Å². The van der Waals surface area contributed by atoms with Gasteiger partial charge in [-0.15, -0.1) is 0 Å². The topological polar surface area (TPSA) is 168 Å². The monoisotopic (exact) mass is 596 g/mol. The van der Waals surface area contributed by atoms with Gasteiger partial charge in [-0.25, -0.2) is 8.42 Å². The zero-order valence-corrected chi connectivity index (χ0v) is 24.3. The second-order valence-corrected chi connectivity index (χ2v) is 12.5. The van der Waals surface area contributed by atoms with Crippen molar-refractivity contribution in [2.24, 2.45) is 7.05 Å². The summed E-state index contributed by atoms with van der Waals surface area (Å²) >= 11 is 0. The number of rotatable bonds is 7. The van der Waals surface area contributed by atoms with Gasteiger partial charge in [0.25, 0.3) is 10.0 Å². The van der Waals surface area contributed by atoms with Gasteiger partial charge in [-0.3, -0.25) is 0 Å². The number of nitrogens with one attached hydrogen (secondary N) is 1. The summed E-state index contributed by atoms with van der Waals surface area (Å²) in [5.41, 5.74) is 3.60. The van der Waals surface area contributed by atoms with Crippen LogP contribution in [0, 0.1) is 11.3 Å². The Morgan fingerprint density at radius 1 is 1.02 bits per heavy atom. The van der Waals surface area contributed by atoms with Crippen molar-refractivity contribution in [3.63, 3.8) is 0 Å². The minimum atomic E-state index is -4.57. The average Bonchev–Trinajstić information content (AvgIpc) is 3.38. The van der Waals surface area contributed by atoms with E-state index in [0.717, 1.165) is 35.1 Å². The predicted molar refractivity (Wildman–Crippen MR) is 158 cm³/mol. The minimum absolute atomic E-state index is 0.153. The van der Waals surface area contributed by atoms with Crippen LogP contribution in [-0.4, -0.2) is 83.8 Å². The second-order valence-electron chi connectivity index (χ2n) is 10.9. The molecule has 0 bridgehead atoms. The second kappa shape index (κ2) is 12.1. The number of aromatic nitrogens is 1. The summed E-state index contributed by atoms with van der Waals surface area (Å²) in [7, 11) is -2.79. The molecule has 1 unspecified atom stereocenters. The smallest absolute Gasteiger partial charge is 0.251 e. The van der Waals surface area contributed by atoms with Crippen LogP contribution in [0.1, 0.15) is 31.9 Å². The number of benzene rings is 2. The number of nitrogens with zero attached hydrogens (tertiary/aromatic N) is 3. The van der Waals surface area contributed by atoms with Gasteiger partial charge >= 0.3 is 0 Å². The van der Waals surface area contributed by atoms with Crippen LogP contribution in [0.25, 0.3) is 27.6 Å².